The minimum atomic E-state index is 0.125. The van der Waals surface area contributed by atoms with Crippen molar-refractivity contribution in [2.24, 2.45) is 0 Å². The van der Waals surface area contributed by atoms with Gasteiger partial charge in [0.25, 0.3) is 0 Å². The molecule has 0 aliphatic carbocycles. The molecule has 1 saturated heterocycles. The van der Waals surface area contributed by atoms with Crippen molar-refractivity contribution in [3.63, 3.8) is 0 Å². The number of hydrogen-bond acceptors (Lipinski definition) is 5. The van der Waals surface area contributed by atoms with Gasteiger partial charge in [-0.1, -0.05) is 6.07 Å². The predicted octanol–water partition coefficient (Wildman–Crippen LogP) is 2.26. The van der Waals surface area contributed by atoms with E-state index in [9.17, 15) is 4.79 Å². The van der Waals surface area contributed by atoms with Crippen molar-refractivity contribution in [2.45, 2.75) is 26.2 Å². The summed E-state index contributed by atoms with van der Waals surface area (Å²) >= 11 is 0. The minimum absolute atomic E-state index is 0.125. The van der Waals surface area contributed by atoms with Crippen molar-refractivity contribution < 1.29 is 4.79 Å². The van der Waals surface area contributed by atoms with Crippen LogP contribution in [0.4, 0.5) is 11.6 Å². The molecule has 22 heavy (non-hydrogen) atoms. The molecule has 6 heteroatoms. The lowest BCUT2D eigenvalue weighted by molar-refractivity contribution is -0.127. The highest BCUT2D eigenvalue weighted by Gasteiger charge is 2.26. The van der Waals surface area contributed by atoms with Gasteiger partial charge in [0, 0.05) is 38.2 Å². The monoisotopic (exact) mass is 297 g/mol. The Labute approximate surface area is 129 Å². The van der Waals surface area contributed by atoms with Crippen LogP contribution < -0.4 is 5.32 Å². The molecule has 1 fully saturated rings. The normalized spacial score (nSPS) is 17.5. The maximum absolute atomic E-state index is 11.5. The van der Waals surface area contributed by atoms with Crippen LogP contribution in [0, 0.1) is 6.92 Å². The maximum atomic E-state index is 11.5. The molecule has 114 valence electrons. The van der Waals surface area contributed by atoms with Crippen molar-refractivity contribution in [1.82, 2.24) is 19.9 Å². The van der Waals surface area contributed by atoms with E-state index in [2.05, 4.69) is 20.3 Å². The second-order valence-electron chi connectivity index (χ2n) is 5.52. The molecule has 1 N–H and O–H groups in total. The third-order valence-corrected chi connectivity index (χ3v) is 3.83. The van der Waals surface area contributed by atoms with E-state index in [0.717, 1.165) is 42.7 Å². The molecule has 2 aromatic heterocycles. The average molecular weight is 297 g/mol. The number of nitrogens with one attached hydrogen (secondary N) is 1. The summed E-state index contributed by atoms with van der Waals surface area (Å²) in [6.07, 6.45) is 2.68. The number of carbonyl (C=O) groups excluding carboxylic acids is 1. The quantitative estimate of drug-likeness (QED) is 0.941. The summed E-state index contributed by atoms with van der Waals surface area (Å²) in [5, 5.41) is 3.20. The van der Waals surface area contributed by atoms with Gasteiger partial charge < -0.3 is 10.2 Å². The van der Waals surface area contributed by atoms with Crippen LogP contribution in [-0.4, -0.2) is 38.8 Å². The Bertz CT molecular complexity index is 673. The van der Waals surface area contributed by atoms with Crippen LogP contribution in [0.1, 0.15) is 30.8 Å². The minimum Gasteiger partial charge on any atom is -0.342 e. The molecule has 3 heterocycles. The molecule has 1 aliphatic heterocycles. The fourth-order valence-electron chi connectivity index (χ4n) is 2.72. The van der Waals surface area contributed by atoms with E-state index in [0.29, 0.717) is 0 Å². The zero-order valence-electron chi connectivity index (χ0n) is 12.8. The number of aromatic nitrogens is 3. The molecule has 3 rings (SSSR count). The SMILES string of the molecule is CC(=O)N1CCC(c2cc(Nc3ccccn3)nc(C)n2)C1. The Balaban J connectivity index is 1.80. The highest BCUT2D eigenvalue weighted by atomic mass is 16.2. The van der Waals surface area contributed by atoms with E-state index in [4.69, 9.17) is 0 Å². The van der Waals surface area contributed by atoms with Gasteiger partial charge in [0.15, 0.2) is 0 Å². The van der Waals surface area contributed by atoms with Crippen molar-refractivity contribution in [3.8, 4) is 0 Å². The molecule has 1 unspecified atom stereocenters. The van der Waals surface area contributed by atoms with Crippen LogP contribution in [0.15, 0.2) is 30.5 Å². The van der Waals surface area contributed by atoms with E-state index < -0.39 is 0 Å². The third-order valence-electron chi connectivity index (χ3n) is 3.83. The number of hydrogen-bond donors (Lipinski definition) is 1. The van der Waals surface area contributed by atoms with Gasteiger partial charge in [-0.2, -0.15) is 0 Å². The Hall–Kier alpha value is -2.50. The molecule has 6 nitrogen and oxygen atoms in total. The predicted molar refractivity (Wildman–Crippen MR) is 83.9 cm³/mol. The number of nitrogens with zero attached hydrogens (tertiary/aromatic N) is 4. The lowest BCUT2D eigenvalue weighted by Crippen LogP contribution is -2.25. The first-order chi connectivity index (χ1) is 10.6. The third kappa shape index (κ3) is 3.21. The van der Waals surface area contributed by atoms with E-state index in [1.165, 1.54) is 0 Å². The fraction of sp³-hybridized carbons (Fsp3) is 0.375. The van der Waals surface area contributed by atoms with Crippen LogP contribution >= 0.6 is 0 Å². The Kier molecular flexibility index (Phi) is 4.00. The van der Waals surface area contributed by atoms with Crippen LogP contribution in [0.3, 0.4) is 0 Å². The zero-order chi connectivity index (χ0) is 15.5. The average Bonchev–Trinajstić information content (AvgIpc) is 2.98. The van der Waals surface area contributed by atoms with Crippen LogP contribution in [-0.2, 0) is 4.79 Å². The van der Waals surface area contributed by atoms with Gasteiger partial charge in [-0.15, -0.1) is 0 Å². The molecule has 2 aromatic rings. The van der Waals surface area contributed by atoms with Gasteiger partial charge in [-0.25, -0.2) is 15.0 Å². The molecule has 0 radical (unpaired) electrons. The topological polar surface area (TPSA) is 71.0 Å². The summed E-state index contributed by atoms with van der Waals surface area (Å²) in [5.74, 6) is 2.61. The van der Waals surface area contributed by atoms with E-state index >= 15 is 0 Å². The van der Waals surface area contributed by atoms with Crippen LogP contribution in [0.25, 0.3) is 0 Å². The van der Waals surface area contributed by atoms with Crippen molar-refractivity contribution >= 4 is 17.5 Å². The van der Waals surface area contributed by atoms with E-state index in [-0.39, 0.29) is 11.8 Å². The number of carbonyl (C=O) groups is 1. The number of likely N-dealkylation sites (tertiary alicyclic amines) is 1. The van der Waals surface area contributed by atoms with Gasteiger partial charge >= 0.3 is 0 Å². The van der Waals surface area contributed by atoms with Crippen LogP contribution in [0.5, 0.6) is 0 Å². The summed E-state index contributed by atoms with van der Waals surface area (Å²) in [4.78, 5) is 26.5. The molecule has 0 saturated carbocycles. The number of amides is 1. The first-order valence-corrected chi connectivity index (χ1v) is 7.41. The molecule has 1 aliphatic rings. The number of aryl methyl sites for hydroxylation is 1. The van der Waals surface area contributed by atoms with Gasteiger partial charge in [0.05, 0.1) is 5.69 Å². The summed E-state index contributed by atoms with van der Waals surface area (Å²) in [7, 11) is 0. The van der Waals surface area contributed by atoms with E-state index in [1.54, 1.807) is 13.1 Å². The highest BCUT2D eigenvalue weighted by molar-refractivity contribution is 5.73. The molecule has 1 amide bonds. The highest BCUT2D eigenvalue weighted by Crippen LogP contribution is 2.27. The Morgan fingerprint density at radius 3 is 2.86 bits per heavy atom. The summed E-state index contributed by atoms with van der Waals surface area (Å²) in [6.45, 7) is 5.02. The summed E-state index contributed by atoms with van der Waals surface area (Å²) in [6, 6.07) is 7.64. The van der Waals surface area contributed by atoms with E-state index in [1.807, 2.05) is 36.1 Å². The van der Waals surface area contributed by atoms with Gasteiger partial charge in [-0.05, 0) is 25.5 Å². The molecular formula is C16H19N5O. The lowest BCUT2D eigenvalue weighted by atomic mass is 10.0. The molecule has 0 bridgehead atoms. The fourth-order valence-corrected chi connectivity index (χ4v) is 2.72. The van der Waals surface area contributed by atoms with Crippen molar-refractivity contribution in [2.75, 3.05) is 18.4 Å². The number of anilines is 2. The standard InChI is InChI=1S/C16H19N5O/c1-11-18-14(13-6-8-21(10-13)12(2)22)9-16(19-11)20-15-5-3-4-7-17-15/h3-5,7,9,13H,6,8,10H2,1-2H3,(H,17,18,19,20). The summed E-state index contributed by atoms with van der Waals surface area (Å²) < 4.78 is 0. The Morgan fingerprint density at radius 1 is 1.32 bits per heavy atom. The molecule has 1 atom stereocenters. The maximum Gasteiger partial charge on any atom is 0.219 e. The molecular weight excluding hydrogens is 278 g/mol. The smallest absolute Gasteiger partial charge is 0.219 e. The first kappa shape index (κ1) is 14.4. The molecule has 0 spiro atoms. The van der Waals surface area contributed by atoms with Gasteiger partial charge in [0.2, 0.25) is 5.91 Å². The summed E-state index contributed by atoms with van der Waals surface area (Å²) in [5.41, 5.74) is 0.981. The largest absolute Gasteiger partial charge is 0.342 e. The second kappa shape index (κ2) is 6.09. The zero-order valence-corrected chi connectivity index (χ0v) is 12.8. The Morgan fingerprint density at radius 2 is 2.18 bits per heavy atom. The van der Waals surface area contributed by atoms with Gasteiger partial charge in [-0.3, -0.25) is 4.79 Å². The number of pyridine rings is 1. The lowest BCUT2D eigenvalue weighted by Gasteiger charge is -2.14. The first-order valence-electron chi connectivity index (χ1n) is 7.41. The second-order valence-corrected chi connectivity index (χ2v) is 5.52. The van der Waals surface area contributed by atoms with Crippen molar-refractivity contribution in [1.29, 1.82) is 0 Å². The number of rotatable bonds is 3. The van der Waals surface area contributed by atoms with Crippen LogP contribution in [0.2, 0.25) is 0 Å². The van der Waals surface area contributed by atoms with Gasteiger partial charge in [0.1, 0.15) is 17.5 Å². The molecule has 0 aromatic carbocycles. The van der Waals surface area contributed by atoms with Crippen molar-refractivity contribution in [3.05, 3.63) is 42.0 Å².